The quantitative estimate of drug-likeness (QED) is 0.907. The molecular formula is C15H15Cl2NO. The lowest BCUT2D eigenvalue weighted by atomic mass is 10.0. The van der Waals surface area contributed by atoms with Crippen LogP contribution in [0.1, 0.15) is 17.7 Å². The summed E-state index contributed by atoms with van der Waals surface area (Å²) in [7, 11) is 0. The van der Waals surface area contributed by atoms with Gasteiger partial charge in [0.25, 0.3) is 0 Å². The number of nitrogens with zero attached hydrogens (tertiary/aromatic N) is 1. The summed E-state index contributed by atoms with van der Waals surface area (Å²) in [6.45, 7) is 0. The third kappa shape index (κ3) is 4.50. The molecule has 2 rings (SSSR count). The van der Waals surface area contributed by atoms with Gasteiger partial charge in [0.05, 0.1) is 16.1 Å². The molecule has 4 heteroatoms. The van der Waals surface area contributed by atoms with Crippen LogP contribution in [-0.2, 0) is 12.8 Å². The van der Waals surface area contributed by atoms with Gasteiger partial charge in [0.1, 0.15) is 0 Å². The lowest BCUT2D eigenvalue weighted by Crippen LogP contribution is -2.12. The molecule has 0 saturated heterocycles. The molecule has 0 bridgehead atoms. The van der Waals surface area contributed by atoms with E-state index in [-0.39, 0.29) is 0 Å². The van der Waals surface area contributed by atoms with E-state index in [2.05, 4.69) is 4.98 Å². The lowest BCUT2D eigenvalue weighted by molar-refractivity contribution is 0.165. The highest BCUT2D eigenvalue weighted by atomic mass is 35.5. The highest BCUT2D eigenvalue weighted by molar-refractivity contribution is 6.42. The van der Waals surface area contributed by atoms with Crippen molar-refractivity contribution in [3.63, 3.8) is 0 Å². The van der Waals surface area contributed by atoms with Gasteiger partial charge in [-0.15, -0.1) is 0 Å². The number of rotatable bonds is 5. The molecule has 2 nitrogen and oxygen atoms in total. The van der Waals surface area contributed by atoms with Gasteiger partial charge in [-0.2, -0.15) is 0 Å². The molecule has 0 spiro atoms. The zero-order chi connectivity index (χ0) is 13.7. The molecule has 1 atom stereocenters. The van der Waals surface area contributed by atoms with Crippen molar-refractivity contribution in [1.29, 1.82) is 0 Å². The maximum Gasteiger partial charge on any atom is 0.0595 e. The van der Waals surface area contributed by atoms with Gasteiger partial charge in [0.15, 0.2) is 0 Å². The minimum Gasteiger partial charge on any atom is -0.393 e. The fourth-order valence-electron chi connectivity index (χ4n) is 1.90. The van der Waals surface area contributed by atoms with E-state index in [0.717, 1.165) is 17.7 Å². The second kappa shape index (κ2) is 6.90. The Morgan fingerprint density at radius 2 is 1.95 bits per heavy atom. The summed E-state index contributed by atoms with van der Waals surface area (Å²) in [4.78, 5) is 4.23. The van der Waals surface area contributed by atoms with Crippen LogP contribution >= 0.6 is 23.2 Å². The van der Waals surface area contributed by atoms with Gasteiger partial charge in [0.2, 0.25) is 0 Å². The third-order valence-electron chi connectivity index (χ3n) is 2.92. The molecule has 19 heavy (non-hydrogen) atoms. The smallest absolute Gasteiger partial charge is 0.0595 e. The monoisotopic (exact) mass is 295 g/mol. The van der Waals surface area contributed by atoms with E-state index in [1.165, 1.54) is 0 Å². The molecular weight excluding hydrogens is 281 g/mol. The van der Waals surface area contributed by atoms with Crippen molar-refractivity contribution in [3.8, 4) is 0 Å². The van der Waals surface area contributed by atoms with E-state index in [1.807, 2.05) is 24.3 Å². The number of benzene rings is 1. The number of hydrogen-bond donors (Lipinski definition) is 1. The van der Waals surface area contributed by atoms with Crippen LogP contribution in [0.2, 0.25) is 10.0 Å². The van der Waals surface area contributed by atoms with E-state index >= 15 is 0 Å². The predicted molar refractivity (Wildman–Crippen MR) is 78.7 cm³/mol. The Morgan fingerprint density at radius 1 is 1.11 bits per heavy atom. The Balaban J connectivity index is 1.87. The van der Waals surface area contributed by atoms with Crippen LogP contribution in [0.5, 0.6) is 0 Å². The topological polar surface area (TPSA) is 33.1 Å². The Labute approximate surface area is 123 Å². The van der Waals surface area contributed by atoms with Crippen LogP contribution in [0, 0.1) is 0 Å². The first kappa shape index (κ1) is 14.3. The first-order valence-electron chi connectivity index (χ1n) is 6.17. The van der Waals surface area contributed by atoms with E-state index in [1.54, 1.807) is 18.3 Å². The second-order valence-electron chi connectivity index (χ2n) is 4.47. The molecule has 1 aromatic heterocycles. The number of pyridine rings is 1. The van der Waals surface area contributed by atoms with E-state index < -0.39 is 6.10 Å². The van der Waals surface area contributed by atoms with Crippen molar-refractivity contribution in [2.45, 2.75) is 25.4 Å². The Kier molecular flexibility index (Phi) is 5.20. The van der Waals surface area contributed by atoms with Gasteiger partial charge in [-0.05, 0) is 49.1 Å². The number of aryl methyl sites for hydroxylation is 1. The number of aliphatic hydroxyl groups is 1. The van der Waals surface area contributed by atoms with Gasteiger partial charge < -0.3 is 5.11 Å². The molecule has 0 fully saturated rings. The molecule has 0 aliphatic heterocycles. The Hall–Kier alpha value is -1.09. The summed E-state index contributed by atoms with van der Waals surface area (Å²) >= 11 is 11.8. The molecule has 0 amide bonds. The van der Waals surface area contributed by atoms with Crippen LogP contribution < -0.4 is 0 Å². The van der Waals surface area contributed by atoms with Crippen LogP contribution in [-0.4, -0.2) is 16.2 Å². The molecule has 1 N–H and O–H groups in total. The van der Waals surface area contributed by atoms with Crippen molar-refractivity contribution >= 4 is 23.2 Å². The number of hydrogen-bond acceptors (Lipinski definition) is 2. The third-order valence-corrected chi connectivity index (χ3v) is 3.65. The molecule has 100 valence electrons. The molecule has 0 aliphatic carbocycles. The first-order chi connectivity index (χ1) is 9.15. The molecule has 0 aliphatic rings. The predicted octanol–water partition coefficient (Wildman–Crippen LogP) is 3.92. The van der Waals surface area contributed by atoms with E-state index in [4.69, 9.17) is 23.2 Å². The SMILES string of the molecule is OC(CCc1ccccn1)Cc1ccc(Cl)c(Cl)c1. The molecule has 0 saturated carbocycles. The molecule has 1 heterocycles. The summed E-state index contributed by atoms with van der Waals surface area (Å²) < 4.78 is 0. The number of aliphatic hydroxyl groups excluding tert-OH is 1. The average Bonchev–Trinajstić information content (AvgIpc) is 2.42. The summed E-state index contributed by atoms with van der Waals surface area (Å²) in [6.07, 6.45) is 3.38. The van der Waals surface area contributed by atoms with E-state index in [0.29, 0.717) is 22.9 Å². The Bertz CT molecular complexity index is 531. The molecule has 1 aromatic carbocycles. The minimum atomic E-state index is -0.403. The van der Waals surface area contributed by atoms with Crippen LogP contribution in [0.15, 0.2) is 42.6 Å². The second-order valence-corrected chi connectivity index (χ2v) is 5.28. The van der Waals surface area contributed by atoms with E-state index in [9.17, 15) is 5.11 Å². The summed E-state index contributed by atoms with van der Waals surface area (Å²) in [5, 5.41) is 11.1. The van der Waals surface area contributed by atoms with Crippen LogP contribution in [0.3, 0.4) is 0 Å². The summed E-state index contributed by atoms with van der Waals surface area (Å²) in [5.74, 6) is 0. The summed E-state index contributed by atoms with van der Waals surface area (Å²) in [6, 6.07) is 11.2. The lowest BCUT2D eigenvalue weighted by Gasteiger charge is -2.11. The number of halogens is 2. The Morgan fingerprint density at radius 3 is 2.63 bits per heavy atom. The number of aromatic nitrogens is 1. The molecule has 1 unspecified atom stereocenters. The minimum absolute atomic E-state index is 0.403. The highest BCUT2D eigenvalue weighted by Crippen LogP contribution is 2.23. The van der Waals surface area contributed by atoms with Gasteiger partial charge in [-0.1, -0.05) is 35.3 Å². The van der Waals surface area contributed by atoms with Gasteiger partial charge in [-0.25, -0.2) is 0 Å². The normalized spacial score (nSPS) is 12.4. The maximum absolute atomic E-state index is 10.0. The van der Waals surface area contributed by atoms with Gasteiger partial charge in [-0.3, -0.25) is 4.98 Å². The zero-order valence-electron chi connectivity index (χ0n) is 10.4. The van der Waals surface area contributed by atoms with Crippen LogP contribution in [0.25, 0.3) is 0 Å². The highest BCUT2D eigenvalue weighted by Gasteiger charge is 2.08. The first-order valence-corrected chi connectivity index (χ1v) is 6.92. The van der Waals surface area contributed by atoms with Gasteiger partial charge >= 0.3 is 0 Å². The van der Waals surface area contributed by atoms with Crippen molar-refractivity contribution < 1.29 is 5.11 Å². The molecule has 2 aromatic rings. The fraction of sp³-hybridized carbons (Fsp3) is 0.267. The molecule has 0 radical (unpaired) electrons. The maximum atomic E-state index is 10.0. The standard InChI is InChI=1S/C15H15Cl2NO/c16-14-7-4-11(10-15(14)17)9-13(19)6-5-12-3-1-2-8-18-12/h1-4,7-8,10,13,19H,5-6,9H2. The van der Waals surface area contributed by atoms with Crippen molar-refractivity contribution in [2.24, 2.45) is 0 Å². The van der Waals surface area contributed by atoms with Crippen molar-refractivity contribution in [2.75, 3.05) is 0 Å². The average molecular weight is 296 g/mol. The van der Waals surface area contributed by atoms with Crippen molar-refractivity contribution in [1.82, 2.24) is 4.98 Å². The van der Waals surface area contributed by atoms with Crippen molar-refractivity contribution in [3.05, 3.63) is 63.9 Å². The van der Waals surface area contributed by atoms with Crippen LogP contribution in [0.4, 0.5) is 0 Å². The zero-order valence-corrected chi connectivity index (χ0v) is 11.9. The fourth-order valence-corrected chi connectivity index (χ4v) is 2.22. The summed E-state index contributed by atoms with van der Waals surface area (Å²) in [5.41, 5.74) is 1.98. The largest absolute Gasteiger partial charge is 0.393 e. The van der Waals surface area contributed by atoms with Gasteiger partial charge in [0, 0.05) is 11.9 Å².